The number of fused-ring (bicyclic) bond motifs is 6. The van der Waals surface area contributed by atoms with Gasteiger partial charge < -0.3 is 8.83 Å². The van der Waals surface area contributed by atoms with Crippen LogP contribution in [-0.2, 0) is 0 Å². The number of para-hydroxylation sites is 3. The molecule has 0 aliphatic carbocycles. The quantitative estimate of drug-likeness (QED) is 0.210. The molecule has 0 saturated heterocycles. The van der Waals surface area contributed by atoms with Crippen LogP contribution in [0.4, 0.5) is 0 Å². The van der Waals surface area contributed by atoms with Crippen LogP contribution in [0.5, 0.6) is 0 Å². The highest BCUT2D eigenvalue weighted by molar-refractivity contribution is 6.69. The van der Waals surface area contributed by atoms with Crippen LogP contribution in [-0.4, -0.2) is 93.4 Å². The van der Waals surface area contributed by atoms with E-state index in [0.717, 1.165) is 43.8 Å². The van der Waals surface area contributed by atoms with E-state index in [1.807, 2.05) is 72.8 Å². The lowest BCUT2D eigenvalue weighted by Gasteiger charge is -2.22. The van der Waals surface area contributed by atoms with Crippen LogP contribution < -0.4 is 54.6 Å². The molecule has 0 atom stereocenters. The number of aromatic nitrogens is 3. The molecule has 226 valence electrons. The zero-order chi connectivity index (χ0) is 37.7. The highest BCUT2D eigenvalue weighted by atomic mass is 16.3. The van der Waals surface area contributed by atoms with Crippen molar-refractivity contribution in [2.75, 3.05) is 0 Å². The SMILES string of the molecule is [B]c1c([B])c([B])c(-c2nc(-c3ccc4oc5c(-c6cccc7c6oc6ccccc67)cccc5c4c3)nc(-c3c([B])c([B])c([B])c([B])c3[B])n2)c([B])c1[B]. The van der Waals surface area contributed by atoms with Crippen molar-refractivity contribution >= 4 is 177 Å². The maximum Gasteiger partial charge on any atom is 0.164 e. The molecule has 0 amide bonds. The predicted octanol–water partition coefficient (Wildman–Crippen LogP) is -1.72. The Bertz CT molecular complexity index is 2940. The topological polar surface area (TPSA) is 65.0 Å². The fourth-order valence-corrected chi connectivity index (χ4v) is 7.02. The highest BCUT2D eigenvalue weighted by Gasteiger charge is 2.22. The largest absolute Gasteiger partial charge is 0.455 e. The van der Waals surface area contributed by atoms with Gasteiger partial charge in [-0.1, -0.05) is 76.4 Å². The Balaban J connectivity index is 1.28. The second-order valence-corrected chi connectivity index (χ2v) is 13.0. The van der Waals surface area contributed by atoms with Crippen molar-refractivity contribution in [2.45, 2.75) is 0 Å². The summed E-state index contributed by atoms with van der Waals surface area (Å²) in [5.74, 6) is 0.207. The van der Waals surface area contributed by atoms with Crippen LogP contribution >= 0.6 is 0 Å². The van der Waals surface area contributed by atoms with Crippen LogP contribution in [0.2, 0.25) is 0 Å². The number of furan rings is 2. The van der Waals surface area contributed by atoms with E-state index < -0.39 is 0 Å². The first-order valence-corrected chi connectivity index (χ1v) is 16.6. The summed E-state index contributed by atoms with van der Waals surface area (Å²) < 4.78 is 12.9. The smallest absolute Gasteiger partial charge is 0.164 e. The Morgan fingerprint density at radius 3 is 1.28 bits per heavy atom. The first-order chi connectivity index (χ1) is 25.9. The molecule has 15 heteroatoms. The fourth-order valence-electron chi connectivity index (χ4n) is 7.02. The van der Waals surface area contributed by atoms with Gasteiger partial charge >= 0.3 is 0 Å². The van der Waals surface area contributed by atoms with Crippen molar-refractivity contribution in [3.63, 3.8) is 0 Å². The third-order valence-electron chi connectivity index (χ3n) is 9.93. The molecule has 6 aromatic carbocycles. The molecule has 0 bridgehead atoms. The Hall–Kier alpha value is -5.42. The fraction of sp³-hybridized carbons (Fsp3) is 0. The monoisotopic (exact) mass is 665 g/mol. The van der Waals surface area contributed by atoms with Gasteiger partial charge in [0.2, 0.25) is 0 Å². The lowest BCUT2D eigenvalue weighted by Crippen LogP contribution is -2.55. The molecule has 3 aromatic heterocycles. The first-order valence-electron chi connectivity index (χ1n) is 16.6. The molecular formula is C39H13B10N3O2. The summed E-state index contributed by atoms with van der Waals surface area (Å²) in [5, 5.41) is 3.70. The molecule has 0 aliphatic rings. The van der Waals surface area contributed by atoms with E-state index in [2.05, 4.69) is 11.1 Å². The van der Waals surface area contributed by atoms with E-state index in [1.165, 1.54) is 0 Å². The van der Waals surface area contributed by atoms with Gasteiger partial charge in [-0.3, -0.25) is 0 Å². The van der Waals surface area contributed by atoms with Crippen molar-refractivity contribution in [3.05, 3.63) is 78.9 Å². The summed E-state index contributed by atoms with van der Waals surface area (Å²) in [6, 6.07) is 25.6. The van der Waals surface area contributed by atoms with Gasteiger partial charge in [-0.2, -0.15) is 0 Å². The van der Waals surface area contributed by atoms with Gasteiger partial charge in [-0.15, -0.1) is 32.8 Å². The lowest BCUT2D eigenvalue weighted by molar-refractivity contribution is 0.665. The van der Waals surface area contributed by atoms with E-state index in [4.69, 9.17) is 97.3 Å². The molecule has 0 saturated carbocycles. The Morgan fingerprint density at radius 1 is 0.352 bits per heavy atom. The first kappa shape index (κ1) is 34.4. The molecule has 0 unspecified atom stereocenters. The Morgan fingerprint density at radius 2 is 0.759 bits per heavy atom. The lowest BCUT2D eigenvalue weighted by atomic mass is 9.60. The van der Waals surface area contributed by atoms with Crippen LogP contribution in [0.15, 0.2) is 87.7 Å². The van der Waals surface area contributed by atoms with Crippen LogP contribution in [0.1, 0.15) is 0 Å². The minimum atomic E-state index is 0.00883. The van der Waals surface area contributed by atoms with Crippen molar-refractivity contribution < 1.29 is 8.83 Å². The second-order valence-electron chi connectivity index (χ2n) is 13.0. The van der Waals surface area contributed by atoms with E-state index in [-0.39, 0.29) is 83.2 Å². The molecule has 20 radical (unpaired) electrons. The van der Waals surface area contributed by atoms with Gasteiger partial charge in [-0.25, -0.2) is 15.0 Å². The van der Waals surface area contributed by atoms with Crippen molar-refractivity contribution in [1.82, 2.24) is 15.0 Å². The third-order valence-corrected chi connectivity index (χ3v) is 9.93. The number of nitrogens with zero attached hydrogens (tertiary/aromatic N) is 3. The second kappa shape index (κ2) is 12.6. The van der Waals surface area contributed by atoms with Crippen molar-refractivity contribution in [1.29, 1.82) is 0 Å². The third kappa shape index (κ3) is 5.04. The predicted molar refractivity (Wildman–Crippen MR) is 230 cm³/mol. The average molecular weight is 664 g/mol. The number of hydrogen-bond donors (Lipinski definition) is 0. The number of rotatable bonds is 4. The van der Waals surface area contributed by atoms with Crippen LogP contribution in [0, 0.1) is 0 Å². The van der Waals surface area contributed by atoms with Crippen LogP contribution in [0.3, 0.4) is 0 Å². The summed E-state index contributed by atoms with van der Waals surface area (Å²) in [7, 11) is 63.0. The maximum absolute atomic E-state index is 6.54. The summed E-state index contributed by atoms with van der Waals surface area (Å²) in [6.45, 7) is 0. The molecule has 54 heavy (non-hydrogen) atoms. The maximum atomic E-state index is 6.54. The summed E-state index contributed by atoms with van der Waals surface area (Å²) >= 11 is 0. The minimum absolute atomic E-state index is 0.00883. The zero-order valence-corrected chi connectivity index (χ0v) is 28.4. The summed E-state index contributed by atoms with van der Waals surface area (Å²) in [5.41, 5.74) is 5.68. The molecular weight excluding hydrogens is 651 g/mol. The summed E-state index contributed by atoms with van der Waals surface area (Å²) in [4.78, 5) is 14.3. The van der Waals surface area contributed by atoms with E-state index >= 15 is 0 Å². The molecule has 9 aromatic rings. The molecule has 0 fully saturated rings. The van der Waals surface area contributed by atoms with Gasteiger partial charge in [0.05, 0.1) is 0 Å². The molecule has 9 rings (SSSR count). The van der Waals surface area contributed by atoms with E-state index in [1.54, 1.807) is 0 Å². The van der Waals surface area contributed by atoms with E-state index in [9.17, 15) is 0 Å². The van der Waals surface area contributed by atoms with Gasteiger partial charge in [0.25, 0.3) is 0 Å². The standard InChI is InChI=1S/C39H13B10N3O2/c40-25-23(26(41)30(45)33(48)29(25)44)38-50-37(51-39(52-38)24-27(42)31(46)34(49)32(47)28(24)43)14-11-12-22-20(13-14)19-9-4-8-18(36(19)54-22)17-7-3-6-16-15-5-1-2-10-21(15)53-35(16)17/h1-13H. The molecule has 0 spiro atoms. The van der Waals surface area contributed by atoms with Gasteiger partial charge in [0.1, 0.15) is 101 Å². The minimum Gasteiger partial charge on any atom is -0.455 e. The molecule has 5 nitrogen and oxygen atoms in total. The average Bonchev–Trinajstić information content (AvgIpc) is 3.76. The van der Waals surface area contributed by atoms with Gasteiger partial charge in [0.15, 0.2) is 17.5 Å². The van der Waals surface area contributed by atoms with Crippen molar-refractivity contribution in [3.8, 4) is 45.3 Å². The molecule has 0 aliphatic heterocycles. The zero-order valence-electron chi connectivity index (χ0n) is 28.4. The van der Waals surface area contributed by atoms with Gasteiger partial charge in [-0.05, 0) is 24.3 Å². The highest BCUT2D eigenvalue weighted by Crippen LogP contribution is 2.41. The van der Waals surface area contributed by atoms with Gasteiger partial charge in [0, 0.05) is 49.4 Å². The summed E-state index contributed by atoms with van der Waals surface area (Å²) in [6.07, 6.45) is 0. The Labute approximate surface area is 323 Å². The Kier molecular flexibility index (Phi) is 8.00. The van der Waals surface area contributed by atoms with Crippen LogP contribution in [0.25, 0.3) is 89.2 Å². The number of hydrogen-bond acceptors (Lipinski definition) is 5. The van der Waals surface area contributed by atoms with E-state index in [0.29, 0.717) is 16.7 Å². The molecule has 0 N–H and O–H groups in total. The number of benzene rings is 6. The normalized spacial score (nSPS) is 11.7. The van der Waals surface area contributed by atoms with Crippen molar-refractivity contribution in [2.24, 2.45) is 0 Å². The molecule has 3 heterocycles.